The van der Waals surface area contributed by atoms with E-state index < -0.39 is 17.7 Å². The summed E-state index contributed by atoms with van der Waals surface area (Å²) < 4.78 is 5.19. The molecule has 8 nitrogen and oxygen atoms in total. The van der Waals surface area contributed by atoms with Crippen LogP contribution >= 0.6 is 0 Å². The van der Waals surface area contributed by atoms with Gasteiger partial charge in [0.25, 0.3) is 11.7 Å². The van der Waals surface area contributed by atoms with Crippen LogP contribution in [0.15, 0.2) is 78.4 Å². The van der Waals surface area contributed by atoms with Crippen LogP contribution in [0.25, 0.3) is 5.76 Å². The van der Waals surface area contributed by atoms with E-state index >= 15 is 0 Å². The Kier molecular flexibility index (Phi) is 6.58. The van der Waals surface area contributed by atoms with Crippen molar-refractivity contribution >= 4 is 28.8 Å². The predicted octanol–water partition coefficient (Wildman–Crippen LogP) is 3.78. The molecule has 2 saturated heterocycles. The standard InChI is InChI=1S/C29H29N3O5/c1-30-15-17-31(18-16-30)21-7-9-22(10-8-21)32-26(19-3-11-23(33)12-4-19)25(28(35)29(32)36)27(34)20-5-13-24(37-2)14-6-20/h3-14,26,33-34H,15-18H2,1-2H3/b27-25+. The van der Waals surface area contributed by atoms with Crippen molar-refractivity contribution in [2.45, 2.75) is 6.04 Å². The molecule has 5 rings (SSSR count). The summed E-state index contributed by atoms with van der Waals surface area (Å²) in [7, 11) is 3.65. The number of rotatable bonds is 5. The second-order valence-corrected chi connectivity index (χ2v) is 9.30. The van der Waals surface area contributed by atoms with Crippen molar-refractivity contribution in [3.63, 3.8) is 0 Å². The number of methoxy groups -OCH3 is 1. The van der Waals surface area contributed by atoms with Gasteiger partial charge in [-0.15, -0.1) is 0 Å². The lowest BCUT2D eigenvalue weighted by molar-refractivity contribution is -0.132. The van der Waals surface area contributed by atoms with Crippen molar-refractivity contribution in [2.75, 3.05) is 50.1 Å². The summed E-state index contributed by atoms with van der Waals surface area (Å²) >= 11 is 0. The van der Waals surface area contributed by atoms with E-state index in [4.69, 9.17) is 4.74 Å². The zero-order valence-electron chi connectivity index (χ0n) is 20.8. The Morgan fingerprint density at radius 3 is 2.03 bits per heavy atom. The molecule has 2 N–H and O–H groups in total. The van der Waals surface area contributed by atoms with Gasteiger partial charge < -0.3 is 24.7 Å². The zero-order valence-corrected chi connectivity index (χ0v) is 20.8. The maximum absolute atomic E-state index is 13.4. The quantitative estimate of drug-likeness (QED) is 0.314. The molecule has 2 aliphatic heterocycles. The SMILES string of the molecule is COc1ccc(/C(O)=C2\C(=O)C(=O)N(c3ccc(N4CCN(C)CC4)cc3)C2c2ccc(O)cc2)cc1. The summed E-state index contributed by atoms with van der Waals surface area (Å²) in [5.41, 5.74) is 2.58. The number of ketones is 1. The van der Waals surface area contributed by atoms with Crippen LogP contribution in [-0.2, 0) is 9.59 Å². The molecule has 1 unspecified atom stereocenters. The van der Waals surface area contributed by atoms with Gasteiger partial charge in [0.1, 0.15) is 17.3 Å². The number of phenols is 1. The van der Waals surface area contributed by atoms with Crippen molar-refractivity contribution < 1.29 is 24.5 Å². The topological polar surface area (TPSA) is 93.5 Å². The molecule has 0 spiro atoms. The van der Waals surface area contributed by atoms with Crippen molar-refractivity contribution in [3.05, 3.63) is 89.5 Å². The van der Waals surface area contributed by atoms with E-state index in [-0.39, 0.29) is 17.1 Å². The molecule has 2 heterocycles. The van der Waals surface area contributed by atoms with E-state index in [2.05, 4.69) is 16.8 Å². The second kappa shape index (κ2) is 9.99. The molecular formula is C29H29N3O5. The van der Waals surface area contributed by atoms with E-state index in [1.807, 2.05) is 24.3 Å². The number of likely N-dealkylation sites (N-methyl/N-ethyl adjacent to an activating group) is 1. The molecular weight excluding hydrogens is 470 g/mol. The van der Waals surface area contributed by atoms with Gasteiger partial charge in [-0.3, -0.25) is 14.5 Å². The third kappa shape index (κ3) is 4.63. The highest BCUT2D eigenvalue weighted by atomic mass is 16.5. The Hall–Kier alpha value is -4.30. The molecule has 190 valence electrons. The molecule has 3 aromatic carbocycles. The minimum Gasteiger partial charge on any atom is -0.508 e. The van der Waals surface area contributed by atoms with E-state index in [0.717, 1.165) is 31.9 Å². The van der Waals surface area contributed by atoms with Gasteiger partial charge in [-0.05, 0) is 73.3 Å². The van der Waals surface area contributed by atoms with Gasteiger partial charge in [-0.25, -0.2) is 0 Å². The molecule has 0 radical (unpaired) electrons. The molecule has 2 fully saturated rings. The fourth-order valence-corrected chi connectivity index (χ4v) is 4.86. The summed E-state index contributed by atoms with van der Waals surface area (Å²) in [6.45, 7) is 3.77. The van der Waals surface area contributed by atoms with Crippen LogP contribution in [0.1, 0.15) is 17.2 Å². The first-order chi connectivity index (χ1) is 17.9. The number of amides is 1. The van der Waals surface area contributed by atoms with Gasteiger partial charge in [0.2, 0.25) is 0 Å². The van der Waals surface area contributed by atoms with Crippen LogP contribution in [0.5, 0.6) is 11.5 Å². The highest BCUT2D eigenvalue weighted by Crippen LogP contribution is 2.43. The summed E-state index contributed by atoms with van der Waals surface area (Å²) in [6.07, 6.45) is 0. The third-order valence-corrected chi connectivity index (χ3v) is 7.01. The van der Waals surface area contributed by atoms with Crippen LogP contribution in [0.4, 0.5) is 11.4 Å². The number of aromatic hydroxyl groups is 1. The Balaban J connectivity index is 1.56. The van der Waals surface area contributed by atoms with Crippen LogP contribution in [0.3, 0.4) is 0 Å². The normalized spacial score (nSPS) is 19.9. The summed E-state index contributed by atoms with van der Waals surface area (Å²) in [4.78, 5) is 32.7. The second-order valence-electron chi connectivity index (χ2n) is 9.30. The Morgan fingerprint density at radius 1 is 0.838 bits per heavy atom. The number of benzene rings is 3. The number of aliphatic hydroxyl groups is 1. The summed E-state index contributed by atoms with van der Waals surface area (Å²) in [6, 6.07) is 19.7. The maximum Gasteiger partial charge on any atom is 0.300 e. The molecule has 1 amide bonds. The van der Waals surface area contributed by atoms with E-state index in [1.165, 1.54) is 17.0 Å². The monoisotopic (exact) mass is 499 g/mol. The number of piperazine rings is 1. The highest BCUT2D eigenvalue weighted by molar-refractivity contribution is 6.51. The number of nitrogens with zero attached hydrogens (tertiary/aromatic N) is 3. The lowest BCUT2D eigenvalue weighted by Crippen LogP contribution is -2.44. The number of anilines is 2. The largest absolute Gasteiger partial charge is 0.508 e. The van der Waals surface area contributed by atoms with Gasteiger partial charge >= 0.3 is 0 Å². The van der Waals surface area contributed by atoms with Gasteiger partial charge in [-0.2, -0.15) is 0 Å². The first kappa shape index (κ1) is 24.4. The van der Waals surface area contributed by atoms with Crippen LogP contribution in [0, 0.1) is 0 Å². The lowest BCUT2D eigenvalue weighted by Gasteiger charge is -2.34. The van der Waals surface area contributed by atoms with Gasteiger partial charge in [-0.1, -0.05) is 12.1 Å². The minimum atomic E-state index is -0.864. The number of carbonyl (C=O) groups is 2. The first-order valence-electron chi connectivity index (χ1n) is 12.2. The number of phenolic OH excluding ortho intramolecular Hbond substituents is 1. The average Bonchev–Trinajstić information content (AvgIpc) is 3.19. The molecule has 0 aromatic heterocycles. The van der Waals surface area contributed by atoms with E-state index in [1.54, 1.807) is 43.5 Å². The lowest BCUT2D eigenvalue weighted by atomic mass is 9.95. The van der Waals surface area contributed by atoms with Crippen molar-refractivity contribution in [1.29, 1.82) is 0 Å². The molecule has 0 aliphatic carbocycles. The fraction of sp³-hybridized carbons (Fsp3) is 0.241. The van der Waals surface area contributed by atoms with Crippen molar-refractivity contribution in [2.24, 2.45) is 0 Å². The molecule has 1 atom stereocenters. The molecule has 8 heteroatoms. The van der Waals surface area contributed by atoms with Gasteiger partial charge in [0, 0.05) is 43.1 Å². The predicted molar refractivity (Wildman–Crippen MR) is 142 cm³/mol. The Bertz CT molecular complexity index is 1330. The van der Waals surface area contributed by atoms with Crippen LogP contribution < -0.4 is 14.5 Å². The molecule has 0 saturated carbocycles. The molecule has 37 heavy (non-hydrogen) atoms. The summed E-state index contributed by atoms with van der Waals surface area (Å²) in [5.74, 6) is -1.09. The van der Waals surface area contributed by atoms with E-state index in [9.17, 15) is 19.8 Å². The van der Waals surface area contributed by atoms with Gasteiger partial charge in [0.15, 0.2) is 0 Å². The summed E-state index contributed by atoms with van der Waals surface area (Å²) in [5, 5.41) is 21.1. The maximum atomic E-state index is 13.4. The first-order valence-corrected chi connectivity index (χ1v) is 12.2. The number of hydrogen-bond acceptors (Lipinski definition) is 7. The number of hydrogen-bond donors (Lipinski definition) is 2. The molecule has 3 aromatic rings. The van der Waals surface area contributed by atoms with Crippen molar-refractivity contribution in [3.8, 4) is 11.5 Å². The zero-order chi connectivity index (χ0) is 26.1. The average molecular weight is 500 g/mol. The number of ether oxygens (including phenoxy) is 1. The number of Topliss-reactive ketones (excluding diaryl/α,β-unsaturated/α-hetero) is 1. The smallest absolute Gasteiger partial charge is 0.300 e. The molecule has 2 aliphatic rings. The Labute approximate surface area is 215 Å². The van der Waals surface area contributed by atoms with Crippen molar-refractivity contribution in [1.82, 2.24) is 4.90 Å². The third-order valence-electron chi connectivity index (χ3n) is 7.01. The molecule has 0 bridgehead atoms. The highest BCUT2D eigenvalue weighted by Gasteiger charge is 2.47. The van der Waals surface area contributed by atoms with E-state index in [0.29, 0.717) is 22.6 Å². The number of aliphatic hydroxyl groups excluding tert-OH is 1. The van der Waals surface area contributed by atoms with Crippen LogP contribution in [0.2, 0.25) is 0 Å². The minimum absolute atomic E-state index is 0.0102. The van der Waals surface area contributed by atoms with Crippen LogP contribution in [-0.4, -0.2) is 67.1 Å². The fourth-order valence-electron chi connectivity index (χ4n) is 4.86. The number of carbonyl (C=O) groups excluding carboxylic acids is 2. The van der Waals surface area contributed by atoms with Gasteiger partial charge in [0.05, 0.1) is 18.7 Å². The Morgan fingerprint density at radius 2 is 1.43 bits per heavy atom.